The Bertz CT molecular complexity index is 693. The molecule has 0 aliphatic heterocycles. The molecule has 0 unspecified atom stereocenters. The van der Waals surface area contributed by atoms with E-state index in [9.17, 15) is 4.79 Å². The van der Waals surface area contributed by atoms with Crippen LogP contribution >= 0.6 is 11.6 Å². The number of hydrogen-bond donors (Lipinski definition) is 2. The van der Waals surface area contributed by atoms with Crippen LogP contribution in [0.1, 0.15) is 40.0 Å². The van der Waals surface area contributed by atoms with Gasteiger partial charge in [0.2, 0.25) is 11.2 Å². The van der Waals surface area contributed by atoms with Gasteiger partial charge in [-0.1, -0.05) is 19.8 Å². The minimum Gasteiger partial charge on any atom is -0.362 e. The van der Waals surface area contributed by atoms with E-state index in [4.69, 9.17) is 11.6 Å². The lowest BCUT2D eigenvalue weighted by Gasteiger charge is -2.32. The first-order valence-electron chi connectivity index (χ1n) is 7.74. The van der Waals surface area contributed by atoms with Crippen LogP contribution in [0, 0.1) is 0 Å². The van der Waals surface area contributed by atoms with Gasteiger partial charge in [-0.3, -0.25) is 4.79 Å². The minimum atomic E-state index is -0.331. The molecule has 23 heavy (non-hydrogen) atoms. The van der Waals surface area contributed by atoms with Gasteiger partial charge >= 0.3 is 0 Å². The van der Waals surface area contributed by atoms with Crippen LogP contribution in [0.5, 0.6) is 0 Å². The van der Waals surface area contributed by atoms with Crippen molar-refractivity contribution in [2.24, 2.45) is 0 Å². The molecule has 0 aliphatic rings. The van der Waals surface area contributed by atoms with Gasteiger partial charge < -0.3 is 10.6 Å². The third-order valence-corrected chi connectivity index (χ3v) is 3.84. The van der Waals surface area contributed by atoms with Gasteiger partial charge in [-0.15, -0.1) is 0 Å². The molecule has 0 aromatic carbocycles. The summed E-state index contributed by atoms with van der Waals surface area (Å²) in [4.78, 5) is 24.0. The molecule has 0 spiro atoms. The van der Waals surface area contributed by atoms with E-state index in [1.54, 1.807) is 6.20 Å². The van der Waals surface area contributed by atoms with Gasteiger partial charge in [0.25, 0.3) is 0 Å². The predicted octanol–water partition coefficient (Wildman–Crippen LogP) is 3.18. The van der Waals surface area contributed by atoms with Crippen molar-refractivity contribution in [3.05, 3.63) is 23.6 Å². The first-order valence-corrected chi connectivity index (χ1v) is 8.12. The standard InChI is InChI=1S/C16H22ClN5O/c1-4-5-8-16(3,10-19-11(2)23)22-14-12-7-6-9-18-13(12)20-15(17)21-14/h6-7,9H,4-5,8,10H2,1-3H3,(H,19,23)(H,18,20,21,22)/t16-/m1/s1. The van der Waals surface area contributed by atoms with Crippen molar-refractivity contribution in [1.29, 1.82) is 0 Å². The van der Waals surface area contributed by atoms with E-state index in [-0.39, 0.29) is 16.7 Å². The lowest BCUT2D eigenvalue weighted by atomic mass is 9.94. The molecule has 2 heterocycles. The summed E-state index contributed by atoms with van der Waals surface area (Å²) in [6.07, 6.45) is 4.68. The maximum Gasteiger partial charge on any atom is 0.226 e. The normalized spacial score (nSPS) is 13.6. The van der Waals surface area contributed by atoms with Crippen molar-refractivity contribution >= 4 is 34.4 Å². The quantitative estimate of drug-likeness (QED) is 0.760. The molecular formula is C16H22ClN5O. The highest BCUT2D eigenvalue weighted by Crippen LogP contribution is 2.25. The highest BCUT2D eigenvalue weighted by Gasteiger charge is 2.25. The van der Waals surface area contributed by atoms with Crippen molar-refractivity contribution in [2.75, 3.05) is 11.9 Å². The summed E-state index contributed by atoms with van der Waals surface area (Å²) in [6, 6.07) is 3.74. The number of anilines is 1. The SMILES string of the molecule is CCCC[C@](C)(CNC(C)=O)Nc1nc(Cl)nc2ncccc12. The number of nitrogens with zero attached hydrogens (tertiary/aromatic N) is 3. The zero-order chi connectivity index (χ0) is 16.9. The molecule has 0 radical (unpaired) electrons. The minimum absolute atomic E-state index is 0.0539. The molecule has 7 heteroatoms. The fourth-order valence-corrected chi connectivity index (χ4v) is 2.56. The number of unbranched alkanes of at least 4 members (excludes halogenated alkanes) is 1. The van der Waals surface area contributed by atoms with E-state index >= 15 is 0 Å². The first kappa shape index (κ1) is 17.4. The monoisotopic (exact) mass is 335 g/mol. The number of amides is 1. The van der Waals surface area contributed by atoms with Crippen LogP contribution in [-0.4, -0.2) is 32.9 Å². The molecule has 124 valence electrons. The Balaban J connectivity index is 2.33. The first-order chi connectivity index (χ1) is 10.9. The van der Waals surface area contributed by atoms with E-state index < -0.39 is 0 Å². The smallest absolute Gasteiger partial charge is 0.226 e. The summed E-state index contributed by atoms with van der Waals surface area (Å²) in [5.74, 6) is 0.582. The number of carbonyl (C=O) groups is 1. The van der Waals surface area contributed by atoms with Crippen LogP contribution < -0.4 is 10.6 Å². The number of carbonyl (C=O) groups excluding carboxylic acids is 1. The van der Waals surface area contributed by atoms with Crippen LogP contribution in [0.3, 0.4) is 0 Å². The van der Waals surface area contributed by atoms with Gasteiger partial charge in [0, 0.05) is 19.7 Å². The summed E-state index contributed by atoms with van der Waals surface area (Å²) in [6.45, 7) is 6.23. The van der Waals surface area contributed by atoms with Crippen molar-refractivity contribution < 1.29 is 4.79 Å². The van der Waals surface area contributed by atoms with Gasteiger partial charge in [0.1, 0.15) is 5.82 Å². The Morgan fingerprint density at radius 3 is 2.87 bits per heavy atom. The molecule has 0 bridgehead atoms. The molecule has 1 atom stereocenters. The molecule has 2 rings (SSSR count). The van der Waals surface area contributed by atoms with Gasteiger partial charge in [-0.2, -0.15) is 4.98 Å². The van der Waals surface area contributed by atoms with E-state index in [1.807, 2.05) is 12.1 Å². The number of rotatable bonds is 7. The van der Waals surface area contributed by atoms with Crippen LogP contribution in [-0.2, 0) is 4.79 Å². The Kier molecular flexibility index (Phi) is 5.71. The molecule has 2 aromatic heterocycles. The topological polar surface area (TPSA) is 79.8 Å². The number of aromatic nitrogens is 3. The second-order valence-corrected chi connectivity index (χ2v) is 6.25. The van der Waals surface area contributed by atoms with E-state index in [0.717, 1.165) is 24.6 Å². The molecule has 2 aromatic rings. The molecule has 0 saturated heterocycles. The van der Waals surface area contributed by atoms with Crippen LogP contribution in [0.25, 0.3) is 11.0 Å². The summed E-state index contributed by atoms with van der Waals surface area (Å²) < 4.78 is 0. The molecule has 0 aliphatic carbocycles. The largest absolute Gasteiger partial charge is 0.362 e. The number of nitrogens with one attached hydrogen (secondary N) is 2. The number of hydrogen-bond acceptors (Lipinski definition) is 5. The van der Waals surface area contributed by atoms with Gasteiger partial charge in [-0.25, -0.2) is 9.97 Å². The van der Waals surface area contributed by atoms with E-state index in [0.29, 0.717) is 18.0 Å². The highest BCUT2D eigenvalue weighted by molar-refractivity contribution is 6.28. The summed E-state index contributed by atoms with van der Waals surface area (Å²) in [5.41, 5.74) is 0.217. The highest BCUT2D eigenvalue weighted by atomic mass is 35.5. The van der Waals surface area contributed by atoms with Crippen molar-refractivity contribution in [3.8, 4) is 0 Å². The fraction of sp³-hybridized carbons (Fsp3) is 0.500. The number of halogens is 1. The van der Waals surface area contributed by atoms with Crippen LogP contribution in [0.2, 0.25) is 5.28 Å². The Morgan fingerprint density at radius 2 is 2.17 bits per heavy atom. The number of fused-ring (bicyclic) bond motifs is 1. The Hall–Kier alpha value is -1.95. The van der Waals surface area contributed by atoms with Gasteiger partial charge in [0.15, 0.2) is 5.65 Å². The maximum absolute atomic E-state index is 11.3. The maximum atomic E-state index is 11.3. The third-order valence-electron chi connectivity index (χ3n) is 3.67. The Morgan fingerprint density at radius 1 is 1.39 bits per heavy atom. The fourth-order valence-electron chi connectivity index (χ4n) is 2.40. The second-order valence-electron chi connectivity index (χ2n) is 5.91. The molecule has 0 saturated carbocycles. The zero-order valence-electron chi connectivity index (χ0n) is 13.7. The average Bonchev–Trinajstić information content (AvgIpc) is 2.51. The molecular weight excluding hydrogens is 314 g/mol. The summed E-state index contributed by atoms with van der Waals surface area (Å²) >= 11 is 6.01. The van der Waals surface area contributed by atoms with Gasteiger partial charge in [0.05, 0.1) is 10.9 Å². The molecule has 6 nitrogen and oxygen atoms in total. The van der Waals surface area contributed by atoms with Crippen molar-refractivity contribution in [3.63, 3.8) is 0 Å². The van der Waals surface area contributed by atoms with Crippen molar-refractivity contribution in [1.82, 2.24) is 20.3 Å². The second kappa shape index (κ2) is 7.55. The lowest BCUT2D eigenvalue weighted by molar-refractivity contribution is -0.119. The van der Waals surface area contributed by atoms with Gasteiger partial charge in [-0.05, 0) is 37.1 Å². The van der Waals surface area contributed by atoms with Crippen molar-refractivity contribution in [2.45, 2.75) is 45.6 Å². The lowest BCUT2D eigenvalue weighted by Crippen LogP contribution is -2.46. The zero-order valence-corrected chi connectivity index (χ0v) is 14.4. The molecule has 0 fully saturated rings. The van der Waals surface area contributed by atoms with E-state index in [1.165, 1.54) is 6.92 Å². The summed E-state index contributed by atoms with van der Waals surface area (Å²) in [5, 5.41) is 7.28. The van der Waals surface area contributed by atoms with Crippen LogP contribution in [0.15, 0.2) is 18.3 Å². The Labute approximate surface area is 141 Å². The molecule has 2 N–H and O–H groups in total. The predicted molar refractivity (Wildman–Crippen MR) is 92.6 cm³/mol. The van der Waals surface area contributed by atoms with Crippen LogP contribution in [0.4, 0.5) is 5.82 Å². The average molecular weight is 336 g/mol. The summed E-state index contributed by atoms with van der Waals surface area (Å²) in [7, 11) is 0. The number of pyridine rings is 1. The molecule has 1 amide bonds. The third kappa shape index (κ3) is 4.76. The van der Waals surface area contributed by atoms with E-state index in [2.05, 4.69) is 39.4 Å².